The van der Waals surface area contributed by atoms with E-state index in [-0.39, 0.29) is 16.1 Å². The number of pyridine rings is 1. The number of rotatable bonds is 7. The number of hydrogen-bond acceptors (Lipinski definition) is 4. The highest BCUT2D eigenvalue weighted by Crippen LogP contribution is 2.52. The second-order valence-electron chi connectivity index (χ2n) is 7.51. The Bertz CT molecular complexity index is 1000. The number of aromatic nitrogens is 1. The van der Waals surface area contributed by atoms with E-state index in [4.69, 9.17) is 0 Å². The molecule has 0 saturated heterocycles. The summed E-state index contributed by atoms with van der Waals surface area (Å²) >= 11 is 4.99. The van der Waals surface area contributed by atoms with Crippen LogP contribution in [0, 0.1) is 12.7 Å². The Morgan fingerprint density at radius 1 is 1.39 bits per heavy atom. The fraction of sp³-hybridized carbons (Fsp3) is 0.381. The minimum Gasteiger partial charge on any atom is -0.351 e. The molecule has 0 unspecified atom stereocenters. The molecule has 0 atom stereocenters. The Hall–Kier alpha value is -1.73. The van der Waals surface area contributed by atoms with E-state index in [2.05, 4.69) is 32.5 Å². The molecule has 0 radical (unpaired) electrons. The zero-order chi connectivity index (χ0) is 19.9. The van der Waals surface area contributed by atoms with Gasteiger partial charge in [-0.2, -0.15) is 0 Å². The van der Waals surface area contributed by atoms with Crippen molar-refractivity contribution < 1.29 is 4.39 Å². The number of allylic oxidation sites excluding steroid dienone is 1. The van der Waals surface area contributed by atoms with Crippen LogP contribution in [0.2, 0.25) is 0 Å². The van der Waals surface area contributed by atoms with Gasteiger partial charge >= 0.3 is 0 Å². The molecule has 1 aromatic heterocycles. The van der Waals surface area contributed by atoms with Crippen molar-refractivity contribution in [1.29, 1.82) is 0 Å². The summed E-state index contributed by atoms with van der Waals surface area (Å²) in [4.78, 5) is 12.9. The van der Waals surface area contributed by atoms with Crippen molar-refractivity contribution in [2.24, 2.45) is 0 Å². The molecule has 28 heavy (non-hydrogen) atoms. The van der Waals surface area contributed by atoms with Crippen LogP contribution >= 0.6 is 27.9 Å². The number of halogens is 2. The number of anilines is 3. The van der Waals surface area contributed by atoms with Crippen LogP contribution in [0.1, 0.15) is 36.9 Å². The minimum absolute atomic E-state index is 0.00436. The third-order valence-electron chi connectivity index (χ3n) is 5.49. The molecular formula is C21H23BrFN3OS. The molecule has 148 valence electrons. The van der Waals surface area contributed by atoms with E-state index in [0.717, 1.165) is 50.0 Å². The van der Waals surface area contributed by atoms with Crippen molar-refractivity contribution in [3.05, 3.63) is 62.8 Å². The molecule has 1 aliphatic heterocycles. The van der Waals surface area contributed by atoms with E-state index in [0.29, 0.717) is 21.4 Å². The van der Waals surface area contributed by atoms with Crippen molar-refractivity contribution in [3.8, 4) is 0 Å². The smallest absolute Gasteiger partial charge is 0.255 e. The Labute approximate surface area is 176 Å². The lowest BCUT2D eigenvalue weighted by atomic mass is 10.1. The second kappa shape index (κ2) is 7.59. The van der Waals surface area contributed by atoms with Crippen molar-refractivity contribution in [3.63, 3.8) is 0 Å². The summed E-state index contributed by atoms with van der Waals surface area (Å²) in [6, 6.07) is 4.88. The molecule has 0 bridgehead atoms. The van der Waals surface area contributed by atoms with E-state index in [1.807, 2.05) is 10.6 Å². The third kappa shape index (κ3) is 3.62. The molecule has 1 fully saturated rings. The van der Waals surface area contributed by atoms with E-state index in [1.165, 1.54) is 6.07 Å². The molecule has 4 nitrogen and oxygen atoms in total. The van der Waals surface area contributed by atoms with Crippen LogP contribution in [0.4, 0.5) is 21.5 Å². The first-order valence-corrected chi connectivity index (χ1v) is 11.1. The lowest BCUT2D eigenvalue weighted by Crippen LogP contribution is -2.24. The highest BCUT2D eigenvalue weighted by atomic mass is 79.9. The van der Waals surface area contributed by atoms with Crippen LogP contribution in [-0.2, 0) is 13.0 Å². The largest absolute Gasteiger partial charge is 0.351 e. The quantitative estimate of drug-likeness (QED) is 0.395. The predicted octanol–water partition coefficient (Wildman–Crippen LogP) is 5.92. The summed E-state index contributed by atoms with van der Waals surface area (Å²) < 4.78 is 20.7. The Balaban J connectivity index is 1.74. The highest BCUT2D eigenvalue weighted by molar-refractivity contribution is 9.10. The molecule has 0 spiro atoms. The normalized spacial score (nSPS) is 16.5. The lowest BCUT2D eigenvalue weighted by Gasteiger charge is -2.22. The maximum Gasteiger partial charge on any atom is 0.255 e. The van der Waals surface area contributed by atoms with Gasteiger partial charge in [-0.15, -0.1) is 6.58 Å². The Morgan fingerprint density at radius 3 is 2.86 bits per heavy atom. The van der Waals surface area contributed by atoms with Gasteiger partial charge in [0.1, 0.15) is 5.82 Å². The Morgan fingerprint density at radius 2 is 2.18 bits per heavy atom. The molecule has 7 heteroatoms. The molecule has 2 aliphatic rings. The zero-order valence-corrected chi connectivity index (χ0v) is 18.2. The molecule has 0 amide bonds. The van der Waals surface area contributed by atoms with Gasteiger partial charge in [0.2, 0.25) is 0 Å². The fourth-order valence-electron chi connectivity index (χ4n) is 3.70. The van der Waals surface area contributed by atoms with Crippen LogP contribution < -0.4 is 15.6 Å². The second-order valence-corrected chi connectivity index (χ2v) is 9.70. The first kappa shape index (κ1) is 19.6. The summed E-state index contributed by atoms with van der Waals surface area (Å²) in [5.41, 5.74) is 3.52. The summed E-state index contributed by atoms with van der Waals surface area (Å²) in [6.07, 6.45) is 6.99. The highest BCUT2D eigenvalue weighted by Gasteiger charge is 2.43. The number of nitrogens with one attached hydrogen (secondary N) is 2. The van der Waals surface area contributed by atoms with Crippen molar-refractivity contribution in [2.75, 3.05) is 10.0 Å². The number of benzene rings is 1. The number of fused-ring (bicyclic) bond motifs is 1. The number of hydrogen-bond donors (Lipinski definition) is 2. The lowest BCUT2D eigenvalue weighted by molar-refractivity contribution is 0.631. The van der Waals surface area contributed by atoms with Gasteiger partial charge < -0.3 is 14.6 Å². The summed E-state index contributed by atoms with van der Waals surface area (Å²) in [5, 5.41) is 3.19. The maximum absolute atomic E-state index is 14.4. The molecule has 2 aromatic rings. The summed E-state index contributed by atoms with van der Waals surface area (Å²) in [5.74, 6) is -0.363. The molecule has 4 rings (SSSR count). The van der Waals surface area contributed by atoms with Crippen LogP contribution in [0.5, 0.6) is 0 Å². The van der Waals surface area contributed by atoms with Gasteiger partial charge in [-0.05, 0) is 69.2 Å². The summed E-state index contributed by atoms with van der Waals surface area (Å²) in [6.45, 7) is 6.41. The average Bonchev–Trinajstić information content (AvgIpc) is 3.24. The predicted molar refractivity (Wildman–Crippen MR) is 119 cm³/mol. The average molecular weight is 464 g/mol. The van der Waals surface area contributed by atoms with Crippen molar-refractivity contribution >= 4 is 44.9 Å². The van der Waals surface area contributed by atoms with Gasteiger partial charge in [-0.1, -0.05) is 22.0 Å². The molecular weight excluding hydrogens is 441 g/mol. The van der Waals surface area contributed by atoms with E-state index in [9.17, 15) is 9.18 Å². The van der Waals surface area contributed by atoms with Gasteiger partial charge in [0, 0.05) is 27.0 Å². The van der Waals surface area contributed by atoms with Gasteiger partial charge in [0.25, 0.3) is 5.56 Å². The van der Waals surface area contributed by atoms with Gasteiger partial charge in [-0.3, -0.25) is 4.79 Å². The molecule has 2 N–H and O–H groups in total. The van der Waals surface area contributed by atoms with Crippen molar-refractivity contribution in [1.82, 2.24) is 4.57 Å². The molecule has 2 heterocycles. The first-order chi connectivity index (χ1) is 13.4. The fourth-order valence-corrected chi connectivity index (χ4v) is 5.08. The Kier molecular flexibility index (Phi) is 5.31. The van der Waals surface area contributed by atoms with Gasteiger partial charge in [-0.25, -0.2) is 4.39 Å². The number of nitrogens with zero attached hydrogens (tertiary/aromatic N) is 1. The van der Waals surface area contributed by atoms with Gasteiger partial charge in [0.15, 0.2) is 0 Å². The van der Waals surface area contributed by atoms with E-state index < -0.39 is 0 Å². The third-order valence-corrected chi connectivity index (χ3v) is 7.29. The topological polar surface area (TPSA) is 46.1 Å². The summed E-state index contributed by atoms with van der Waals surface area (Å²) in [7, 11) is 0. The monoisotopic (exact) mass is 463 g/mol. The van der Waals surface area contributed by atoms with E-state index in [1.54, 1.807) is 31.0 Å². The first-order valence-electron chi connectivity index (χ1n) is 9.47. The zero-order valence-electron chi connectivity index (χ0n) is 15.8. The standard InChI is InChI=1S/C21H23BrFN3OS/c1-3-8-21(9-10-21)28-25-19-17-5-4-11-26(17)20(27)13(2)18(19)24-16-7-6-14(22)12-15(16)23/h3,6-7,12,24-25H,1,4-5,8-11H2,2H3. The molecule has 1 aromatic carbocycles. The van der Waals surface area contributed by atoms with Crippen molar-refractivity contribution in [2.45, 2.75) is 50.3 Å². The molecule has 1 aliphatic carbocycles. The van der Waals surface area contributed by atoms with Crippen LogP contribution in [0.15, 0.2) is 40.1 Å². The van der Waals surface area contributed by atoms with E-state index >= 15 is 0 Å². The van der Waals surface area contributed by atoms with Gasteiger partial charge in [0.05, 0.1) is 17.1 Å². The van der Waals surface area contributed by atoms with Crippen LogP contribution in [0.3, 0.4) is 0 Å². The SMILES string of the molecule is C=CCC1(SNc2c(Nc3ccc(Br)cc3F)c(C)c(=O)n3c2CCC3)CC1. The van der Waals surface area contributed by atoms with Crippen LogP contribution in [0.25, 0.3) is 0 Å². The molecule has 1 saturated carbocycles. The minimum atomic E-state index is -0.363. The van der Waals surface area contributed by atoms with Crippen LogP contribution in [-0.4, -0.2) is 9.31 Å². The maximum atomic E-state index is 14.4.